The van der Waals surface area contributed by atoms with E-state index in [9.17, 15) is 18.8 Å². The van der Waals surface area contributed by atoms with Crippen LogP contribution < -0.4 is 25.6 Å². The van der Waals surface area contributed by atoms with Crippen molar-refractivity contribution in [1.29, 1.82) is 0 Å². The Morgan fingerprint density at radius 2 is 1.72 bits per heavy atom. The van der Waals surface area contributed by atoms with Gasteiger partial charge in [0.05, 0.1) is 29.3 Å². The number of thiocarbonyl (C=S) groups is 1. The summed E-state index contributed by atoms with van der Waals surface area (Å²) in [5.41, 5.74) is 0.659. The molecule has 0 unspecified atom stereocenters. The van der Waals surface area contributed by atoms with E-state index >= 15 is 0 Å². The van der Waals surface area contributed by atoms with Gasteiger partial charge in [0.2, 0.25) is 0 Å². The van der Waals surface area contributed by atoms with Gasteiger partial charge in [-0.15, -0.1) is 0 Å². The molecule has 0 spiro atoms. The Hall–Kier alpha value is -4.14. The Balaban J connectivity index is 1.38. The number of imidazole rings is 1. The van der Waals surface area contributed by atoms with Crippen LogP contribution in [-0.4, -0.2) is 36.0 Å². The third-order valence-corrected chi connectivity index (χ3v) is 9.48. The van der Waals surface area contributed by atoms with E-state index in [0.717, 1.165) is 16.3 Å². The standard InChI is InChI=1S/C31H21Cl3FN5O5S2/c1-37-26-25(28(42)38(2)30(37)43)39(14-16-5-6-17(32)12-19(16)33)29(36-26)45-22-9-4-15(10-23(22)44-3)11-24-27(41)40(31(46)47-24)18-7-8-21(35)20(34)13-18/h4-13H,14H2,1-3H3/b24-11-. The number of anilines is 1. The number of carbonyl (C=O) groups excluding carboxylic acids is 1. The summed E-state index contributed by atoms with van der Waals surface area (Å²) in [6.45, 7) is 0.0663. The zero-order valence-electron chi connectivity index (χ0n) is 24.6. The van der Waals surface area contributed by atoms with Crippen molar-refractivity contribution in [1.82, 2.24) is 18.7 Å². The molecule has 47 heavy (non-hydrogen) atoms. The van der Waals surface area contributed by atoms with Gasteiger partial charge < -0.3 is 9.47 Å². The summed E-state index contributed by atoms with van der Waals surface area (Å²) in [6.07, 6.45) is 1.63. The van der Waals surface area contributed by atoms with Crippen LogP contribution in [0.4, 0.5) is 10.1 Å². The molecule has 1 saturated heterocycles. The van der Waals surface area contributed by atoms with Crippen molar-refractivity contribution in [2.24, 2.45) is 14.1 Å². The number of halogens is 4. The number of amides is 1. The van der Waals surface area contributed by atoms with Crippen molar-refractivity contribution in [2.45, 2.75) is 6.54 Å². The maximum Gasteiger partial charge on any atom is 0.332 e. The number of fused-ring (bicyclic) bond motifs is 1. The summed E-state index contributed by atoms with van der Waals surface area (Å²) < 4.78 is 29.6. The van der Waals surface area contributed by atoms with Crippen LogP contribution in [-0.2, 0) is 25.4 Å². The van der Waals surface area contributed by atoms with Crippen molar-refractivity contribution in [2.75, 3.05) is 12.0 Å². The molecule has 16 heteroatoms. The van der Waals surface area contributed by atoms with E-state index in [1.54, 1.807) is 42.5 Å². The first-order valence-electron chi connectivity index (χ1n) is 13.6. The highest BCUT2D eigenvalue weighted by Gasteiger charge is 2.34. The average molecular weight is 733 g/mol. The molecule has 240 valence electrons. The summed E-state index contributed by atoms with van der Waals surface area (Å²) in [5.74, 6) is -0.492. The van der Waals surface area contributed by atoms with Crippen LogP contribution in [0.1, 0.15) is 11.1 Å². The number of aryl methyl sites for hydroxylation is 1. The predicted molar refractivity (Wildman–Crippen MR) is 186 cm³/mol. The molecule has 10 nitrogen and oxygen atoms in total. The Labute approximate surface area is 290 Å². The predicted octanol–water partition coefficient (Wildman–Crippen LogP) is 6.79. The maximum absolute atomic E-state index is 13.7. The molecule has 0 radical (unpaired) electrons. The number of ether oxygens (including phenoxy) is 2. The second-order valence-electron chi connectivity index (χ2n) is 10.2. The molecular formula is C31H21Cl3FN5O5S2. The maximum atomic E-state index is 13.7. The molecule has 0 atom stereocenters. The molecule has 6 rings (SSSR count). The van der Waals surface area contributed by atoms with Crippen LogP contribution in [0.25, 0.3) is 17.2 Å². The molecule has 3 aromatic carbocycles. The lowest BCUT2D eigenvalue weighted by atomic mass is 10.2. The normalized spacial score (nSPS) is 14.1. The summed E-state index contributed by atoms with van der Waals surface area (Å²) >= 11 is 25.0. The molecular weight excluding hydrogens is 712 g/mol. The Bertz CT molecular complexity index is 2300. The van der Waals surface area contributed by atoms with Crippen molar-refractivity contribution in [3.8, 4) is 17.5 Å². The highest BCUT2D eigenvalue weighted by atomic mass is 35.5. The van der Waals surface area contributed by atoms with Gasteiger partial charge in [0.25, 0.3) is 11.5 Å². The minimum Gasteiger partial charge on any atom is -0.493 e. The largest absolute Gasteiger partial charge is 0.493 e. The lowest BCUT2D eigenvalue weighted by Crippen LogP contribution is -2.37. The minimum atomic E-state index is -0.610. The molecule has 0 N–H and O–H groups in total. The first kappa shape index (κ1) is 32.8. The number of nitrogens with zero attached hydrogens (tertiary/aromatic N) is 5. The van der Waals surface area contributed by atoms with Crippen LogP contribution in [0.5, 0.6) is 17.5 Å². The highest BCUT2D eigenvalue weighted by Crippen LogP contribution is 2.39. The molecule has 1 fully saturated rings. The fraction of sp³-hybridized carbons (Fsp3) is 0.129. The molecule has 2 aromatic heterocycles. The molecule has 5 aromatic rings. The summed E-state index contributed by atoms with van der Waals surface area (Å²) in [7, 11) is 4.32. The van der Waals surface area contributed by atoms with Crippen LogP contribution in [0.15, 0.2) is 69.1 Å². The first-order chi connectivity index (χ1) is 22.4. The number of hydrogen-bond donors (Lipinski definition) is 0. The van der Waals surface area contributed by atoms with E-state index in [1.807, 2.05) is 0 Å². The fourth-order valence-electron chi connectivity index (χ4n) is 4.89. The zero-order chi connectivity index (χ0) is 33.7. The van der Waals surface area contributed by atoms with Gasteiger partial charge in [0.1, 0.15) is 5.82 Å². The molecule has 1 aliphatic heterocycles. The number of rotatable bonds is 7. The number of thioether (sulfide) groups is 1. The van der Waals surface area contributed by atoms with Crippen molar-refractivity contribution in [3.05, 3.63) is 112 Å². The number of methoxy groups -OCH3 is 1. The molecule has 3 heterocycles. The number of hydrogen-bond acceptors (Lipinski definition) is 8. The number of benzene rings is 3. The van der Waals surface area contributed by atoms with Crippen LogP contribution in [0.2, 0.25) is 15.1 Å². The van der Waals surface area contributed by atoms with Gasteiger partial charge in [-0.25, -0.2) is 9.18 Å². The summed E-state index contributed by atoms with van der Waals surface area (Å²) in [4.78, 5) is 45.4. The van der Waals surface area contributed by atoms with E-state index in [2.05, 4.69) is 4.98 Å². The van der Waals surface area contributed by atoms with Crippen LogP contribution in [0.3, 0.4) is 0 Å². The number of carbonyl (C=O) groups is 1. The Morgan fingerprint density at radius 3 is 2.43 bits per heavy atom. The van der Waals surface area contributed by atoms with E-state index in [1.165, 1.54) is 53.4 Å². The lowest BCUT2D eigenvalue weighted by Gasteiger charge is -2.15. The molecule has 0 aliphatic carbocycles. The first-order valence-corrected chi connectivity index (χ1v) is 15.9. The summed E-state index contributed by atoms with van der Waals surface area (Å²) in [6, 6.07) is 13.8. The number of aromatic nitrogens is 4. The molecule has 1 amide bonds. The monoisotopic (exact) mass is 731 g/mol. The fourth-order valence-corrected chi connectivity index (χ4v) is 6.84. The second-order valence-corrected chi connectivity index (χ2v) is 13.1. The minimum absolute atomic E-state index is 0.00537. The van der Waals surface area contributed by atoms with Gasteiger partial charge in [-0.05, 0) is 59.7 Å². The van der Waals surface area contributed by atoms with Crippen LogP contribution >= 0.6 is 58.8 Å². The van der Waals surface area contributed by atoms with Crippen LogP contribution in [0, 0.1) is 5.82 Å². The average Bonchev–Trinajstić information content (AvgIpc) is 3.53. The van der Waals surface area contributed by atoms with Gasteiger partial charge in [-0.3, -0.25) is 28.2 Å². The van der Waals surface area contributed by atoms with E-state index in [0.29, 0.717) is 31.8 Å². The van der Waals surface area contributed by atoms with E-state index in [-0.39, 0.29) is 44.6 Å². The lowest BCUT2D eigenvalue weighted by molar-refractivity contribution is -0.113. The van der Waals surface area contributed by atoms with Crippen molar-refractivity contribution >= 4 is 91.9 Å². The van der Waals surface area contributed by atoms with Gasteiger partial charge >= 0.3 is 11.7 Å². The molecule has 0 bridgehead atoms. The zero-order valence-corrected chi connectivity index (χ0v) is 28.5. The Kier molecular flexibility index (Phi) is 8.94. The smallest absolute Gasteiger partial charge is 0.332 e. The van der Waals surface area contributed by atoms with Crippen molar-refractivity contribution in [3.63, 3.8) is 0 Å². The topological polar surface area (TPSA) is 101 Å². The van der Waals surface area contributed by atoms with Gasteiger partial charge in [-0.1, -0.05) is 70.9 Å². The molecule has 1 aliphatic rings. The third kappa shape index (κ3) is 6.05. The van der Waals surface area contributed by atoms with Gasteiger partial charge in [0, 0.05) is 24.1 Å². The molecule has 0 saturated carbocycles. The quantitative estimate of drug-likeness (QED) is 0.133. The van der Waals surface area contributed by atoms with E-state index < -0.39 is 23.0 Å². The van der Waals surface area contributed by atoms with Crippen molar-refractivity contribution < 1.29 is 18.7 Å². The second kappa shape index (κ2) is 12.8. The SMILES string of the molecule is COc1cc(/C=C2\SC(=S)N(c3ccc(F)c(Cl)c3)C2=O)ccc1Oc1nc2c(c(=O)n(C)c(=O)n2C)n1Cc1ccc(Cl)cc1Cl. The van der Waals surface area contributed by atoms with Gasteiger partial charge in [-0.2, -0.15) is 4.98 Å². The Morgan fingerprint density at radius 1 is 0.957 bits per heavy atom. The highest BCUT2D eigenvalue weighted by molar-refractivity contribution is 8.27. The third-order valence-electron chi connectivity index (χ3n) is 7.30. The van der Waals surface area contributed by atoms with Gasteiger partial charge in [0.15, 0.2) is 27.0 Å². The summed E-state index contributed by atoms with van der Waals surface area (Å²) in [5, 5.41) is 0.672. The van der Waals surface area contributed by atoms with E-state index in [4.69, 9.17) is 56.5 Å².